The molecule has 1 aromatic carbocycles. The lowest BCUT2D eigenvalue weighted by atomic mass is 10.2. The molecule has 0 saturated carbocycles. The Morgan fingerprint density at radius 1 is 1.36 bits per heavy atom. The third kappa shape index (κ3) is 1.45. The maximum atomic E-state index is 5.56. The van der Waals surface area contributed by atoms with Gasteiger partial charge in [0.1, 0.15) is 11.3 Å². The summed E-state index contributed by atoms with van der Waals surface area (Å²) in [5.74, 6) is 1.89. The minimum absolute atomic E-state index is 0.313. The van der Waals surface area contributed by atoms with Gasteiger partial charge < -0.3 is 9.15 Å². The summed E-state index contributed by atoms with van der Waals surface area (Å²) in [7, 11) is 1.64. The van der Waals surface area contributed by atoms with Gasteiger partial charge in [0.05, 0.1) is 7.11 Å². The predicted molar refractivity (Wildman–Crippen MR) is 54.7 cm³/mol. The van der Waals surface area contributed by atoms with Gasteiger partial charge in [0, 0.05) is 12.0 Å². The van der Waals surface area contributed by atoms with Gasteiger partial charge >= 0.3 is 0 Å². The van der Waals surface area contributed by atoms with Crippen LogP contribution in [0.3, 0.4) is 0 Å². The largest absolute Gasteiger partial charge is 0.497 e. The molecule has 0 aliphatic rings. The fraction of sp³-hybridized carbons (Fsp3) is 0.364. The third-order valence-electron chi connectivity index (χ3n) is 2.11. The molecule has 0 aliphatic carbocycles. The Bertz CT molecular complexity index is 445. The van der Waals surface area contributed by atoms with Crippen molar-refractivity contribution in [2.24, 2.45) is 0 Å². The standard InChI is InChI=1S/C11H13NO2/c1-7(2)11-12-9-6-8(13-3)4-5-10(9)14-11/h4-7H,1-3H3. The minimum Gasteiger partial charge on any atom is -0.497 e. The van der Waals surface area contributed by atoms with Gasteiger partial charge in [-0.3, -0.25) is 0 Å². The van der Waals surface area contributed by atoms with Gasteiger partial charge in [-0.25, -0.2) is 4.98 Å². The first-order valence-electron chi connectivity index (χ1n) is 4.65. The first kappa shape index (κ1) is 9.06. The van der Waals surface area contributed by atoms with Crippen LogP contribution in [0.4, 0.5) is 0 Å². The Balaban J connectivity index is 2.54. The van der Waals surface area contributed by atoms with Crippen molar-refractivity contribution in [2.45, 2.75) is 19.8 Å². The van der Waals surface area contributed by atoms with Crippen LogP contribution in [0.1, 0.15) is 25.7 Å². The molecule has 0 spiro atoms. The molecule has 0 fully saturated rings. The number of benzene rings is 1. The molecule has 0 unspecified atom stereocenters. The van der Waals surface area contributed by atoms with Gasteiger partial charge in [-0.05, 0) is 12.1 Å². The maximum Gasteiger partial charge on any atom is 0.198 e. The summed E-state index contributed by atoms with van der Waals surface area (Å²) in [6.45, 7) is 4.11. The zero-order chi connectivity index (χ0) is 10.1. The third-order valence-corrected chi connectivity index (χ3v) is 2.11. The van der Waals surface area contributed by atoms with Gasteiger partial charge in [-0.1, -0.05) is 13.8 Å². The van der Waals surface area contributed by atoms with Gasteiger partial charge in [-0.15, -0.1) is 0 Å². The fourth-order valence-electron chi connectivity index (χ4n) is 1.30. The molecular formula is C11H13NO2. The second kappa shape index (κ2) is 3.33. The molecule has 14 heavy (non-hydrogen) atoms. The number of fused-ring (bicyclic) bond motifs is 1. The number of hydrogen-bond acceptors (Lipinski definition) is 3. The first-order chi connectivity index (χ1) is 6.70. The normalized spacial score (nSPS) is 11.1. The van der Waals surface area contributed by atoms with E-state index in [-0.39, 0.29) is 0 Å². The highest BCUT2D eigenvalue weighted by Crippen LogP contribution is 2.24. The summed E-state index contributed by atoms with van der Waals surface area (Å²) in [4.78, 5) is 4.37. The molecular weight excluding hydrogens is 178 g/mol. The summed E-state index contributed by atoms with van der Waals surface area (Å²) in [5, 5.41) is 0. The molecule has 0 saturated heterocycles. The summed E-state index contributed by atoms with van der Waals surface area (Å²) in [6.07, 6.45) is 0. The molecule has 2 aromatic rings. The molecule has 2 rings (SSSR count). The molecule has 1 aromatic heterocycles. The van der Waals surface area contributed by atoms with Crippen molar-refractivity contribution in [2.75, 3.05) is 7.11 Å². The van der Waals surface area contributed by atoms with Gasteiger partial charge in [0.2, 0.25) is 0 Å². The van der Waals surface area contributed by atoms with E-state index in [2.05, 4.69) is 18.8 Å². The van der Waals surface area contributed by atoms with Gasteiger partial charge in [-0.2, -0.15) is 0 Å². The maximum absolute atomic E-state index is 5.56. The summed E-state index contributed by atoms with van der Waals surface area (Å²) in [6, 6.07) is 5.63. The minimum atomic E-state index is 0.313. The Morgan fingerprint density at radius 2 is 2.14 bits per heavy atom. The highest BCUT2D eigenvalue weighted by Gasteiger charge is 2.09. The Hall–Kier alpha value is -1.51. The van der Waals surface area contributed by atoms with E-state index in [9.17, 15) is 0 Å². The number of nitrogens with zero attached hydrogens (tertiary/aromatic N) is 1. The van der Waals surface area contributed by atoms with Crippen LogP contribution in [-0.4, -0.2) is 12.1 Å². The molecule has 3 heteroatoms. The van der Waals surface area contributed by atoms with E-state index in [0.29, 0.717) is 5.92 Å². The number of oxazole rings is 1. The highest BCUT2D eigenvalue weighted by atomic mass is 16.5. The van der Waals surface area contributed by atoms with Crippen molar-refractivity contribution >= 4 is 11.1 Å². The van der Waals surface area contributed by atoms with E-state index >= 15 is 0 Å². The molecule has 0 aliphatic heterocycles. The highest BCUT2D eigenvalue weighted by molar-refractivity contribution is 5.74. The molecule has 1 heterocycles. The molecule has 0 N–H and O–H groups in total. The van der Waals surface area contributed by atoms with E-state index in [4.69, 9.17) is 9.15 Å². The quantitative estimate of drug-likeness (QED) is 0.732. The van der Waals surface area contributed by atoms with E-state index in [1.165, 1.54) is 0 Å². The number of aromatic nitrogens is 1. The van der Waals surface area contributed by atoms with E-state index in [1.54, 1.807) is 7.11 Å². The van der Waals surface area contributed by atoms with Crippen molar-refractivity contribution in [3.63, 3.8) is 0 Å². The van der Waals surface area contributed by atoms with Crippen LogP contribution in [0, 0.1) is 0 Å². The van der Waals surface area contributed by atoms with Crippen molar-refractivity contribution < 1.29 is 9.15 Å². The Kier molecular flexibility index (Phi) is 2.15. The zero-order valence-corrected chi connectivity index (χ0v) is 8.57. The monoisotopic (exact) mass is 191 g/mol. The molecule has 0 bridgehead atoms. The SMILES string of the molecule is COc1ccc2oc(C(C)C)nc2c1. The Labute approximate surface area is 82.7 Å². The lowest BCUT2D eigenvalue weighted by molar-refractivity contribution is 0.415. The fourth-order valence-corrected chi connectivity index (χ4v) is 1.30. The van der Waals surface area contributed by atoms with E-state index < -0.39 is 0 Å². The average Bonchev–Trinajstić information content (AvgIpc) is 2.59. The lowest BCUT2D eigenvalue weighted by Crippen LogP contribution is -1.85. The number of rotatable bonds is 2. The molecule has 74 valence electrons. The molecule has 0 amide bonds. The number of hydrogen-bond donors (Lipinski definition) is 0. The van der Waals surface area contributed by atoms with E-state index in [1.807, 2.05) is 18.2 Å². The Morgan fingerprint density at radius 3 is 2.79 bits per heavy atom. The van der Waals surface area contributed by atoms with Crippen LogP contribution in [0.25, 0.3) is 11.1 Å². The number of ether oxygens (including phenoxy) is 1. The smallest absolute Gasteiger partial charge is 0.198 e. The summed E-state index contributed by atoms with van der Waals surface area (Å²) in [5.41, 5.74) is 1.67. The van der Waals surface area contributed by atoms with Crippen LogP contribution in [0.5, 0.6) is 5.75 Å². The predicted octanol–water partition coefficient (Wildman–Crippen LogP) is 2.96. The second-order valence-electron chi connectivity index (χ2n) is 3.54. The molecule has 0 atom stereocenters. The van der Waals surface area contributed by atoms with Crippen LogP contribution in [0.2, 0.25) is 0 Å². The van der Waals surface area contributed by atoms with Crippen molar-refractivity contribution in [1.82, 2.24) is 4.98 Å². The first-order valence-corrected chi connectivity index (χ1v) is 4.65. The molecule has 3 nitrogen and oxygen atoms in total. The topological polar surface area (TPSA) is 35.3 Å². The van der Waals surface area contributed by atoms with Crippen molar-refractivity contribution in [1.29, 1.82) is 0 Å². The summed E-state index contributed by atoms with van der Waals surface area (Å²) >= 11 is 0. The molecule has 0 radical (unpaired) electrons. The van der Waals surface area contributed by atoms with Crippen LogP contribution in [0.15, 0.2) is 22.6 Å². The summed E-state index contributed by atoms with van der Waals surface area (Å²) < 4.78 is 10.7. The zero-order valence-electron chi connectivity index (χ0n) is 8.57. The second-order valence-corrected chi connectivity index (χ2v) is 3.54. The number of methoxy groups -OCH3 is 1. The van der Waals surface area contributed by atoms with Crippen molar-refractivity contribution in [3.8, 4) is 5.75 Å². The average molecular weight is 191 g/mol. The van der Waals surface area contributed by atoms with Gasteiger partial charge in [0.15, 0.2) is 11.5 Å². The van der Waals surface area contributed by atoms with Crippen molar-refractivity contribution in [3.05, 3.63) is 24.1 Å². The lowest BCUT2D eigenvalue weighted by Gasteiger charge is -1.95. The van der Waals surface area contributed by atoms with Crippen LogP contribution < -0.4 is 4.74 Å². The van der Waals surface area contributed by atoms with Crippen LogP contribution in [-0.2, 0) is 0 Å². The van der Waals surface area contributed by atoms with Gasteiger partial charge in [0.25, 0.3) is 0 Å². The van der Waals surface area contributed by atoms with E-state index in [0.717, 1.165) is 22.7 Å². The van der Waals surface area contributed by atoms with Crippen LogP contribution >= 0.6 is 0 Å².